The van der Waals surface area contributed by atoms with E-state index >= 15 is 0 Å². The van der Waals surface area contributed by atoms with Gasteiger partial charge in [-0.15, -0.1) is 0 Å². The monoisotopic (exact) mass is 223 g/mol. The van der Waals surface area contributed by atoms with Crippen molar-refractivity contribution in [3.8, 4) is 0 Å². The summed E-state index contributed by atoms with van der Waals surface area (Å²) >= 11 is 0. The van der Waals surface area contributed by atoms with Crippen LogP contribution >= 0.6 is 0 Å². The van der Waals surface area contributed by atoms with E-state index in [-0.39, 0.29) is 0 Å². The number of nitrogens with one attached hydrogen (secondary N) is 1. The lowest BCUT2D eigenvalue weighted by molar-refractivity contribution is 0.247. The van der Waals surface area contributed by atoms with Gasteiger partial charge in [0, 0.05) is 25.2 Å². The lowest BCUT2D eigenvalue weighted by atomic mass is 10.1. The van der Waals surface area contributed by atoms with E-state index in [4.69, 9.17) is 0 Å². The van der Waals surface area contributed by atoms with E-state index in [0.717, 1.165) is 12.1 Å². The molecule has 0 aromatic rings. The van der Waals surface area contributed by atoms with E-state index in [1.807, 2.05) is 0 Å². The molecule has 2 atom stereocenters. The van der Waals surface area contributed by atoms with Crippen molar-refractivity contribution >= 4 is 0 Å². The summed E-state index contributed by atoms with van der Waals surface area (Å²) in [6, 6.07) is 1.61. The van der Waals surface area contributed by atoms with Gasteiger partial charge in [-0.2, -0.15) is 0 Å². The highest BCUT2D eigenvalue weighted by atomic mass is 15.2. The molecule has 0 amide bonds. The van der Waals surface area contributed by atoms with Crippen molar-refractivity contribution in [3.63, 3.8) is 0 Å². The minimum Gasteiger partial charge on any atom is -0.311 e. The third-order valence-corrected chi connectivity index (χ3v) is 4.53. The predicted molar refractivity (Wildman–Crippen MR) is 66.7 cm³/mol. The SMILES string of the molecule is C1CCN(C[C@@H]2C[C@H](N3CCCC3)CN2)C1. The fourth-order valence-electron chi connectivity index (χ4n) is 3.60. The zero-order chi connectivity index (χ0) is 10.8. The Morgan fingerprint density at radius 2 is 1.62 bits per heavy atom. The Morgan fingerprint density at radius 3 is 2.38 bits per heavy atom. The smallest absolute Gasteiger partial charge is 0.0236 e. The molecule has 0 aromatic carbocycles. The highest BCUT2D eigenvalue weighted by Crippen LogP contribution is 2.20. The summed E-state index contributed by atoms with van der Waals surface area (Å²) in [4.78, 5) is 5.35. The van der Waals surface area contributed by atoms with Gasteiger partial charge in [0.25, 0.3) is 0 Å². The first kappa shape index (κ1) is 11.0. The van der Waals surface area contributed by atoms with Crippen LogP contribution in [0.5, 0.6) is 0 Å². The average molecular weight is 223 g/mol. The summed E-state index contributed by atoms with van der Waals surface area (Å²) in [5.74, 6) is 0. The van der Waals surface area contributed by atoms with Crippen LogP contribution in [0.3, 0.4) is 0 Å². The van der Waals surface area contributed by atoms with Crippen LogP contribution < -0.4 is 5.32 Å². The predicted octanol–water partition coefficient (Wildman–Crippen LogP) is 0.909. The molecular weight excluding hydrogens is 198 g/mol. The molecule has 0 radical (unpaired) electrons. The van der Waals surface area contributed by atoms with Crippen LogP contribution in [0.4, 0.5) is 0 Å². The van der Waals surface area contributed by atoms with Crippen molar-refractivity contribution in [2.75, 3.05) is 39.3 Å². The zero-order valence-electron chi connectivity index (χ0n) is 10.3. The minimum atomic E-state index is 0.767. The summed E-state index contributed by atoms with van der Waals surface area (Å²) in [7, 11) is 0. The number of rotatable bonds is 3. The van der Waals surface area contributed by atoms with Gasteiger partial charge in [-0.1, -0.05) is 0 Å². The molecule has 92 valence electrons. The normalized spacial score (nSPS) is 37.5. The largest absolute Gasteiger partial charge is 0.311 e. The van der Waals surface area contributed by atoms with Gasteiger partial charge in [0.2, 0.25) is 0 Å². The second kappa shape index (κ2) is 5.03. The zero-order valence-corrected chi connectivity index (χ0v) is 10.3. The fourth-order valence-corrected chi connectivity index (χ4v) is 3.60. The van der Waals surface area contributed by atoms with Gasteiger partial charge < -0.3 is 10.2 Å². The molecule has 0 aliphatic carbocycles. The molecule has 0 aromatic heterocycles. The molecule has 3 fully saturated rings. The maximum Gasteiger partial charge on any atom is 0.0236 e. The van der Waals surface area contributed by atoms with Crippen molar-refractivity contribution in [2.45, 2.75) is 44.2 Å². The first-order valence-corrected chi connectivity index (χ1v) is 7.11. The topological polar surface area (TPSA) is 18.5 Å². The second-order valence-electron chi connectivity index (χ2n) is 5.75. The van der Waals surface area contributed by atoms with Crippen molar-refractivity contribution < 1.29 is 0 Å². The van der Waals surface area contributed by atoms with E-state index in [1.54, 1.807) is 0 Å². The van der Waals surface area contributed by atoms with E-state index in [0.29, 0.717) is 0 Å². The quantitative estimate of drug-likeness (QED) is 0.767. The molecule has 3 heterocycles. The molecule has 3 nitrogen and oxygen atoms in total. The summed E-state index contributed by atoms with van der Waals surface area (Å²) in [6.07, 6.45) is 7.07. The maximum absolute atomic E-state index is 3.73. The van der Waals surface area contributed by atoms with Crippen LogP contribution in [0.2, 0.25) is 0 Å². The number of hydrogen-bond acceptors (Lipinski definition) is 3. The van der Waals surface area contributed by atoms with Crippen LogP contribution in [0.25, 0.3) is 0 Å². The molecule has 3 heteroatoms. The molecule has 3 saturated heterocycles. The number of nitrogens with zero attached hydrogens (tertiary/aromatic N) is 2. The maximum atomic E-state index is 3.73. The van der Waals surface area contributed by atoms with Crippen molar-refractivity contribution in [2.24, 2.45) is 0 Å². The lowest BCUT2D eigenvalue weighted by Crippen LogP contribution is -2.35. The molecule has 3 aliphatic heterocycles. The van der Waals surface area contributed by atoms with Crippen LogP contribution in [-0.4, -0.2) is 61.2 Å². The van der Waals surface area contributed by atoms with E-state index in [9.17, 15) is 0 Å². The minimum absolute atomic E-state index is 0.767. The Morgan fingerprint density at radius 1 is 0.938 bits per heavy atom. The van der Waals surface area contributed by atoms with Crippen molar-refractivity contribution in [3.05, 3.63) is 0 Å². The molecule has 0 unspecified atom stereocenters. The molecule has 3 rings (SSSR count). The average Bonchev–Trinajstić information content (AvgIpc) is 2.99. The second-order valence-corrected chi connectivity index (χ2v) is 5.75. The molecule has 16 heavy (non-hydrogen) atoms. The summed E-state index contributed by atoms with van der Waals surface area (Å²) in [6.45, 7) is 7.91. The van der Waals surface area contributed by atoms with Crippen LogP contribution in [0.15, 0.2) is 0 Å². The number of hydrogen-bond donors (Lipinski definition) is 1. The summed E-state index contributed by atoms with van der Waals surface area (Å²) < 4.78 is 0. The third-order valence-electron chi connectivity index (χ3n) is 4.53. The van der Waals surface area contributed by atoms with E-state index in [2.05, 4.69) is 15.1 Å². The molecule has 0 spiro atoms. The highest BCUT2D eigenvalue weighted by Gasteiger charge is 2.31. The van der Waals surface area contributed by atoms with E-state index < -0.39 is 0 Å². The Bertz CT molecular complexity index is 219. The first-order valence-electron chi connectivity index (χ1n) is 7.11. The Kier molecular flexibility index (Phi) is 3.46. The molecular formula is C13H25N3. The lowest BCUT2D eigenvalue weighted by Gasteiger charge is -2.23. The molecule has 3 aliphatic rings. The van der Waals surface area contributed by atoms with Crippen LogP contribution in [0, 0.1) is 0 Å². The first-order chi connectivity index (χ1) is 7.92. The van der Waals surface area contributed by atoms with Crippen molar-refractivity contribution in [1.29, 1.82) is 0 Å². The van der Waals surface area contributed by atoms with Gasteiger partial charge in [0.15, 0.2) is 0 Å². The van der Waals surface area contributed by atoms with E-state index in [1.165, 1.54) is 71.4 Å². The Balaban J connectivity index is 1.45. The van der Waals surface area contributed by atoms with Gasteiger partial charge in [-0.05, 0) is 58.3 Å². The standard InChI is InChI=1S/C13H25N3/c1-2-6-15(5-1)11-12-9-13(10-14-12)16-7-3-4-8-16/h12-14H,1-11H2/t12-,13-/m0/s1. The van der Waals surface area contributed by atoms with Gasteiger partial charge in [0.05, 0.1) is 0 Å². The van der Waals surface area contributed by atoms with Gasteiger partial charge in [-0.25, -0.2) is 0 Å². The van der Waals surface area contributed by atoms with Crippen LogP contribution in [-0.2, 0) is 0 Å². The number of likely N-dealkylation sites (tertiary alicyclic amines) is 2. The Hall–Kier alpha value is -0.120. The highest BCUT2D eigenvalue weighted by molar-refractivity contribution is 4.91. The van der Waals surface area contributed by atoms with Gasteiger partial charge in [0.1, 0.15) is 0 Å². The van der Waals surface area contributed by atoms with Crippen LogP contribution in [0.1, 0.15) is 32.1 Å². The summed E-state index contributed by atoms with van der Waals surface area (Å²) in [5, 5.41) is 3.73. The Labute approximate surface area is 99.2 Å². The molecule has 0 saturated carbocycles. The molecule has 1 N–H and O–H groups in total. The van der Waals surface area contributed by atoms with Gasteiger partial charge >= 0.3 is 0 Å². The van der Waals surface area contributed by atoms with Crippen molar-refractivity contribution in [1.82, 2.24) is 15.1 Å². The van der Waals surface area contributed by atoms with Gasteiger partial charge in [-0.3, -0.25) is 4.90 Å². The molecule has 0 bridgehead atoms. The third kappa shape index (κ3) is 2.41. The summed E-state index contributed by atoms with van der Waals surface area (Å²) in [5.41, 5.74) is 0. The fraction of sp³-hybridized carbons (Fsp3) is 1.00.